The van der Waals surface area contributed by atoms with Gasteiger partial charge in [-0.3, -0.25) is 0 Å². The largest absolute Gasteiger partial charge is 0.449 e. The van der Waals surface area contributed by atoms with E-state index in [1.807, 2.05) is 48.5 Å². The van der Waals surface area contributed by atoms with Crippen molar-refractivity contribution in [3.05, 3.63) is 95.1 Å². The first kappa shape index (κ1) is 19.4. The maximum atomic E-state index is 12.1. The Morgan fingerprint density at radius 3 is 2.30 bits per heavy atom. The van der Waals surface area contributed by atoms with Crippen molar-refractivity contribution in [2.45, 2.75) is 12.3 Å². The minimum atomic E-state index is -0.423. The van der Waals surface area contributed by atoms with Crippen LogP contribution in [0.4, 0.5) is 4.79 Å². The van der Waals surface area contributed by atoms with E-state index in [1.54, 1.807) is 0 Å². The number of rotatable bonds is 4. The fourth-order valence-electron chi connectivity index (χ4n) is 3.73. The summed E-state index contributed by atoms with van der Waals surface area (Å²) in [4.78, 5) is 12.1. The topological polar surface area (TPSA) is 38.3 Å². The summed E-state index contributed by atoms with van der Waals surface area (Å²) < 4.78 is 5.51. The van der Waals surface area contributed by atoms with Crippen molar-refractivity contribution in [1.82, 2.24) is 5.32 Å². The summed E-state index contributed by atoms with van der Waals surface area (Å²) in [6, 6.07) is 24.1. The van der Waals surface area contributed by atoms with Gasteiger partial charge in [-0.2, -0.15) is 0 Å². The van der Waals surface area contributed by atoms with Crippen molar-refractivity contribution in [3.63, 3.8) is 0 Å². The Kier molecular flexibility index (Phi) is 5.83. The summed E-state index contributed by atoms with van der Waals surface area (Å²) >= 11 is 0. The highest BCUT2D eigenvalue weighted by Crippen LogP contribution is 2.44. The first-order valence-electron chi connectivity index (χ1n) is 9.90. The maximum absolute atomic E-state index is 12.1. The lowest BCUT2D eigenvalue weighted by Crippen LogP contribution is -2.26. The third-order valence-corrected chi connectivity index (χ3v) is 5.12. The van der Waals surface area contributed by atoms with Crippen molar-refractivity contribution in [1.29, 1.82) is 0 Å². The monoisotopic (exact) mass is 391 g/mol. The van der Waals surface area contributed by atoms with E-state index in [4.69, 9.17) is 11.2 Å². The van der Waals surface area contributed by atoms with Gasteiger partial charge >= 0.3 is 6.09 Å². The van der Waals surface area contributed by atoms with Crippen LogP contribution < -0.4 is 5.32 Å². The lowest BCUT2D eigenvalue weighted by molar-refractivity contribution is 0.143. The minimum Gasteiger partial charge on any atom is -0.449 e. The quantitative estimate of drug-likeness (QED) is 0.505. The zero-order valence-electron chi connectivity index (χ0n) is 16.5. The van der Waals surface area contributed by atoms with Gasteiger partial charge in [-0.1, -0.05) is 72.4 Å². The summed E-state index contributed by atoms with van der Waals surface area (Å²) in [7, 11) is 0. The summed E-state index contributed by atoms with van der Waals surface area (Å²) in [6.07, 6.45) is 5.50. The Morgan fingerprint density at radius 2 is 1.60 bits per heavy atom. The number of hydrogen-bond donors (Lipinski definition) is 1. The number of hydrogen-bond acceptors (Lipinski definition) is 2. The predicted molar refractivity (Wildman–Crippen MR) is 119 cm³/mol. The molecule has 1 aliphatic carbocycles. The second-order valence-corrected chi connectivity index (χ2v) is 7.03. The van der Waals surface area contributed by atoms with E-state index in [-0.39, 0.29) is 5.92 Å². The molecule has 3 heteroatoms. The molecule has 0 unspecified atom stereocenters. The summed E-state index contributed by atoms with van der Waals surface area (Å²) in [5.74, 6) is 8.75. The van der Waals surface area contributed by atoms with Crippen molar-refractivity contribution >= 4 is 6.09 Å². The van der Waals surface area contributed by atoms with E-state index in [0.29, 0.717) is 19.6 Å². The normalized spacial score (nSPS) is 11.4. The standard InChI is InChI=1S/C27H21NO2/c1-2-20-11-9-12-21(18-20)10-7-8-17-28-27(29)30-19-26-24-15-5-3-13-22(24)23-14-4-6-16-25(23)26/h1,3-6,9,11-16,18,26H,8,17,19H2,(H,28,29). The number of carbonyl (C=O) groups is 1. The molecule has 0 radical (unpaired) electrons. The second-order valence-electron chi connectivity index (χ2n) is 7.03. The molecular formula is C27H21NO2. The van der Waals surface area contributed by atoms with Crippen molar-refractivity contribution in [2.24, 2.45) is 0 Å². The van der Waals surface area contributed by atoms with E-state index in [9.17, 15) is 4.79 Å². The lowest BCUT2D eigenvalue weighted by Gasteiger charge is -2.14. The van der Waals surface area contributed by atoms with Gasteiger partial charge < -0.3 is 10.1 Å². The van der Waals surface area contributed by atoms with Crippen molar-refractivity contribution < 1.29 is 9.53 Å². The van der Waals surface area contributed by atoms with Crippen molar-refractivity contribution in [3.8, 4) is 35.3 Å². The molecular weight excluding hydrogens is 370 g/mol. The number of ether oxygens (including phenoxy) is 1. The Bertz CT molecular complexity index is 1130. The predicted octanol–water partition coefficient (Wildman–Crippen LogP) is 4.95. The zero-order chi connectivity index (χ0) is 20.8. The van der Waals surface area contributed by atoms with Gasteiger partial charge in [0, 0.05) is 30.0 Å². The lowest BCUT2D eigenvalue weighted by atomic mass is 9.98. The van der Waals surface area contributed by atoms with Gasteiger partial charge in [0.25, 0.3) is 0 Å². The van der Waals surface area contributed by atoms with E-state index < -0.39 is 6.09 Å². The van der Waals surface area contributed by atoms with E-state index in [2.05, 4.69) is 47.3 Å². The van der Waals surface area contributed by atoms with E-state index >= 15 is 0 Å². The summed E-state index contributed by atoms with van der Waals surface area (Å²) in [5, 5.41) is 2.77. The molecule has 3 nitrogen and oxygen atoms in total. The molecule has 0 saturated heterocycles. The summed E-state index contributed by atoms with van der Waals surface area (Å²) in [5.41, 5.74) is 6.50. The van der Waals surface area contributed by atoms with E-state index in [1.165, 1.54) is 22.3 Å². The van der Waals surface area contributed by atoms with Gasteiger partial charge in [0.05, 0.1) is 0 Å². The van der Waals surface area contributed by atoms with Gasteiger partial charge in [0.15, 0.2) is 0 Å². The number of terminal acetylenes is 1. The number of nitrogens with one attached hydrogen (secondary N) is 1. The highest BCUT2D eigenvalue weighted by Gasteiger charge is 2.28. The number of amides is 1. The average molecular weight is 391 g/mol. The highest BCUT2D eigenvalue weighted by molar-refractivity contribution is 5.79. The molecule has 0 saturated carbocycles. The molecule has 0 aromatic heterocycles. The Hall–Kier alpha value is -3.95. The molecule has 0 spiro atoms. The van der Waals surface area contributed by atoms with Gasteiger partial charge in [-0.15, -0.1) is 6.42 Å². The molecule has 0 atom stereocenters. The molecule has 30 heavy (non-hydrogen) atoms. The van der Waals surface area contributed by atoms with Gasteiger partial charge in [0.2, 0.25) is 0 Å². The Balaban J connectivity index is 1.29. The molecule has 3 aromatic rings. The van der Waals surface area contributed by atoms with Gasteiger partial charge in [-0.05, 0) is 40.5 Å². The second kappa shape index (κ2) is 9.03. The van der Waals surface area contributed by atoms with Crippen LogP contribution in [0.25, 0.3) is 11.1 Å². The Morgan fingerprint density at radius 1 is 0.933 bits per heavy atom. The molecule has 146 valence electrons. The average Bonchev–Trinajstić information content (AvgIpc) is 3.11. The van der Waals surface area contributed by atoms with Crippen molar-refractivity contribution in [2.75, 3.05) is 13.2 Å². The summed E-state index contributed by atoms with van der Waals surface area (Å²) in [6.45, 7) is 0.739. The molecule has 0 aliphatic heterocycles. The molecule has 0 fully saturated rings. The molecule has 3 aromatic carbocycles. The highest BCUT2D eigenvalue weighted by atomic mass is 16.5. The molecule has 1 aliphatic rings. The fourth-order valence-corrected chi connectivity index (χ4v) is 3.73. The van der Waals surface area contributed by atoms with Gasteiger partial charge in [-0.25, -0.2) is 4.79 Å². The molecule has 4 rings (SSSR count). The molecule has 0 heterocycles. The van der Waals surface area contributed by atoms with Crippen LogP contribution in [0.1, 0.15) is 34.6 Å². The van der Waals surface area contributed by atoms with Crippen LogP contribution in [0.5, 0.6) is 0 Å². The maximum Gasteiger partial charge on any atom is 0.407 e. The van der Waals surface area contributed by atoms with Crippen LogP contribution in [0, 0.1) is 24.2 Å². The van der Waals surface area contributed by atoms with E-state index in [0.717, 1.165) is 11.1 Å². The van der Waals surface area contributed by atoms with Crippen LogP contribution in [0.15, 0.2) is 72.8 Å². The Labute approximate surface area is 177 Å². The number of benzene rings is 3. The minimum absolute atomic E-state index is 0.0615. The third-order valence-electron chi connectivity index (χ3n) is 5.12. The van der Waals surface area contributed by atoms with Gasteiger partial charge in [0.1, 0.15) is 6.61 Å². The van der Waals surface area contributed by atoms with Crippen LogP contribution in [0.2, 0.25) is 0 Å². The van der Waals surface area contributed by atoms with Crippen LogP contribution >= 0.6 is 0 Å². The molecule has 1 N–H and O–H groups in total. The first-order valence-corrected chi connectivity index (χ1v) is 9.90. The SMILES string of the molecule is C#Cc1cccc(C#CCCNC(=O)OCC2c3ccccc3-c3ccccc32)c1. The first-order chi connectivity index (χ1) is 14.8. The fraction of sp³-hybridized carbons (Fsp3) is 0.148. The zero-order valence-corrected chi connectivity index (χ0v) is 16.5. The molecule has 0 bridgehead atoms. The smallest absolute Gasteiger partial charge is 0.407 e. The number of carbonyl (C=O) groups excluding carboxylic acids is 1. The number of fused-ring (bicyclic) bond motifs is 3. The van der Waals surface area contributed by atoms with Crippen LogP contribution in [-0.2, 0) is 4.74 Å². The molecule has 1 amide bonds. The number of alkyl carbamates (subject to hydrolysis) is 1. The van der Waals surface area contributed by atoms with Crippen LogP contribution in [-0.4, -0.2) is 19.2 Å². The van der Waals surface area contributed by atoms with Crippen LogP contribution in [0.3, 0.4) is 0 Å². The third kappa shape index (κ3) is 4.22.